The standard InChI is InChI=1S/C16H20N2O5S/c1-10-7-16(19)18-17-12(10)6-5-11-8-14(23-3)15(24(4,20)21)9-13(11)22-2/h5-6,8-10H,7H2,1-4H3,(H,18,19). The van der Waals surface area contributed by atoms with Crippen LogP contribution in [0.5, 0.6) is 11.5 Å². The number of benzene rings is 1. The summed E-state index contributed by atoms with van der Waals surface area (Å²) in [6.45, 7) is 1.91. The van der Waals surface area contributed by atoms with Crippen molar-refractivity contribution in [2.24, 2.45) is 11.0 Å². The van der Waals surface area contributed by atoms with Crippen molar-refractivity contribution in [2.45, 2.75) is 18.2 Å². The molecule has 1 aliphatic heterocycles. The Morgan fingerprint density at radius 3 is 2.42 bits per heavy atom. The van der Waals surface area contributed by atoms with Crippen molar-refractivity contribution in [2.75, 3.05) is 20.5 Å². The SMILES string of the molecule is COc1cc(S(C)(=O)=O)c(OC)cc1C=CC1=NNC(=O)CC1C. The summed E-state index contributed by atoms with van der Waals surface area (Å²) < 4.78 is 34.2. The topological polar surface area (TPSA) is 94.1 Å². The van der Waals surface area contributed by atoms with Crippen LogP contribution in [-0.4, -0.2) is 40.5 Å². The van der Waals surface area contributed by atoms with Crippen LogP contribution in [0.15, 0.2) is 28.2 Å². The molecule has 1 aliphatic rings. The molecule has 0 saturated heterocycles. The molecule has 1 heterocycles. The zero-order chi connectivity index (χ0) is 17.9. The van der Waals surface area contributed by atoms with Crippen molar-refractivity contribution in [3.8, 4) is 11.5 Å². The van der Waals surface area contributed by atoms with Gasteiger partial charge in [-0.3, -0.25) is 4.79 Å². The molecule has 1 N–H and O–H groups in total. The maximum absolute atomic E-state index is 11.9. The molecular weight excluding hydrogens is 332 g/mol. The summed E-state index contributed by atoms with van der Waals surface area (Å²) in [6, 6.07) is 3.03. The molecule has 0 spiro atoms. The van der Waals surface area contributed by atoms with E-state index in [-0.39, 0.29) is 22.5 Å². The number of ether oxygens (including phenoxy) is 2. The largest absolute Gasteiger partial charge is 0.496 e. The first-order valence-electron chi connectivity index (χ1n) is 7.26. The Morgan fingerprint density at radius 2 is 1.88 bits per heavy atom. The molecule has 24 heavy (non-hydrogen) atoms. The maximum atomic E-state index is 11.9. The van der Waals surface area contributed by atoms with Crippen molar-refractivity contribution in [3.05, 3.63) is 23.8 Å². The first-order chi connectivity index (χ1) is 11.3. The van der Waals surface area contributed by atoms with Gasteiger partial charge in [-0.25, -0.2) is 13.8 Å². The van der Waals surface area contributed by atoms with E-state index in [1.807, 2.05) is 6.92 Å². The highest BCUT2D eigenvalue weighted by Gasteiger charge is 2.20. The van der Waals surface area contributed by atoms with Gasteiger partial charge in [0.2, 0.25) is 5.91 Å². The molecule has 0 fully saturated rings. The lowest BCUT2D eigenvalue weighted by Crippen LogP contribution is -2.30. The Bertz CT molecular complexity index is 812. The third-order valence-corrected chi connectivity index (χ3v) is 4.77. The van der Waals surface area contributed by atoms with Crippen molar-refractivity contribution in [3.63, 3.8) is 0 Å². The number of carbonyl (C=O) groups excluding carboxylic acids is 1. The Kier molecular flexibility index (Phi) is 5.28. The molecule has 8 heteroatoms. The number of rotatable bonds is 5. The van der Waals surface area contributed by atoms with Crippen molar-refractivity contribution >= 4 is 27.5 Å². The quantitative estimate of drug-likeness (QED) is 0.869. The highest BCUT2D eigenvalue weighted by atomic mass is 32.2. The van der Waals surface area contributed by atoms with Crippen molar-refractivity contribution < 1.29 is 22.7 Å². The number of carbonyl (C=O) groups is 1. The van der Waals surface area contributed by atoms with E-state index in [9.17, 15) is 13.2 Å². The van der Waals surface area contributed by atoms with Gasteiger partial charge in [0.25, 0.3) is 0 Å². The van der Waals surface area contributed by atoms with E-state index in [4.69, 9.17) is 9.47 Å². The second-order valence-corrected chi connectivity index (χ2v) is 7.51. The summed E-state index contributed by atoms with van der Waals surface area (Å²) in [7, 11) is -0.572. The van der Waals surface area contributed by atoms with Gasteiger partial charge >= 0.3 is 0 Å². The van der Waals surface area contributed by atoms with Crippen LogP contribution in [0.1, 0.15) is 18.9 Å². The molecule has 1 unspecified atom stereocenters. The Hall–Kier alpha value is -2.35. The first kappa shape index (κ1) is 18.0. The molecule has 0 aromatic heterocycles. The van der Waals surface area contributed by atoms with Gasteiger partial charge in [0, 0.05) is 30.2 Å². The summed E-state index contributed by atoms with van der Waals surface area (Å²) in [4.78, 5) is 11.3. The van der Waals surface area contributed by atoms with E-state index >= 15 is 0 Å². The fourth-order valence-electron chi connectivity index (χ4n) is 2.36. The third kappa shape index (κ3) is 3.94. The molecule has 0 radical (unpaired) electrons. The molecular formula is C16H20N2O5S. The van der Waals surface area contributed by atoms with Gasteiger partial charge in [0.15, 0.2) is 9.84 Å². The summed E-state index contributed by atoms with van der Waals surface area (Å²) in [5.74, 6) is 0.528. The third-order valence-electron chi connectivity index (χ3n) is 3.66. The number of allylic oxidation sites excluding steroid dienone is 1. The van der Waals surface area contributed by atoms with Gasteiger partial charge < -0.3 is 9.47 Å². The number of hydrazone groups is 1. The Labute approximate surface area is 141 Å². The van der Waals surface area contributed by atoms with Gasteiger partial charge in [0.1, 0.15) is 16.4 Å². The number of nitrogens with zero attached hydrogens (tertiary/aromatic N) is 1. The lowest BCUT2D eigenvalue weighted by molar-refractivity contribution is -0.121. The number of methoxy groups -OCH3 is 2. The molecule has 7 nitrogen and oxygen atoms in total. The van der Waals surface area contributed by atoms with E-state index in [0.29, 0.717) is 17.7 Å². The molecule has 1 aromatic rings. The lowest BCUT2D eigenvalue weighted by atomic mass is 9.99. The molecule has 0 aliphatic carbocycles. The Balaban J connectivity index is 2.43. The van der Waals surface area contributed by atoms with Crippen molar-refractivity contribution in [1.82, 2.24) is 5.43 Å². The molecule has 2 rings (SSSR count). The molecule has 0 saturated carbocycles. The second kappa shape index (κ2) is 7.04. The Morgan fingerprint density at radius 1 is 1.21 bits per heavy atom. The minimum absolute atomic E-state index is 0.00168. The van der Waals surface area contributed by atoms with E-state index < -0.39 is 9.84 Å². The monoisotopic (exact) mass is 352 g/mol. The number of sulfone groups is 1. The summed E-state index contributed by atoms with van der Waals surface area (Å²) >= 11 is 0. The van der Waals surface area contributed by atoms with Gasteiger partial charge in [-0.05, 0) is 18.2 Å². The highest BCUT2D eigenvalue weighted by Crippen LogP contribution is 2.33. The maximum Gasteiger partial charge on any atom is 0.240 e. The van der Waals surface area contributed by atoms with E-state index in [1.165, 1.54) is 20.3 Å². The van der Waals surface area contributed by atoms with Crippen LogP contribution in [-0.2, 0) is 14.6 Å². The molecule has 130 valence electrons. The molecule has 1 atom stereocenters. The van der Waals surface area contributed by atoms with Gasteiger partial charge in [-0.1, -0.05) is 6.92 Å². The first-order valence-corrected chi connectivity index (χ1v) is 9.16. The van der Waals surface area contributed by atoms with Crippen LogP contribution in [0.25, 0.3) is 6.08 Å². The number of hydrogen-bond donors (Lipinski definition) is 1. The number of nitrogens with one attached hydrogen (secondary N) is 1. The number of amides is 1. The van der Waals surface area contributed by atoms with Crippen LogP contribution in [0, 0.1) is 5.92 Å². The zero-order valence-electron chi connectivity index (χ0n) is 14.0. The average Bonchev–Trinajstić information content (AvgIpc) is 2.52. The van der Waals surface area contributed by atoms with Gasteiger partial charge in [-0.15, -0.1) is 0 Å². The highest BCUT2D eigenvalue weighted by molar-refractivity contribution is 7.90. The molecule has 1 amide bonds. The summed E-state index contributed by atoms with van der Waals surface area (Å²) in [6.07, 6.45) is 5.00. The van der Waals surface area contributed by atoms with Crippen molar-refractivity contribution in [1.29, 1.82) is 0 Å². The molecule has 0 bridgehead atoms. The van der Waals surface area contributed by atoms with Crippen LogP contribution in [0.2, 0.25) is 0 Å². The van der Waals surface area contributed by atoms with Gasteiger partial charge in [-0.2, -0.15) is 5.10 Å². The average molecular weight is 352 g/mol. The predicted molar refractivity (Wildman–Crippen MR) is 91.0 cm³/mol. The van der Waals surface area contributed by atoms with E-state index in [2.05, 4.69) is 10.5 Å². The summed E-state index contributed by atoms with van der Waals surface area (Å²) in [5, 5.41) is 4.02. The minimum Gasteiger partial charge on any atom is -0.496 e. The number of hydrogen-bond acceptors (Lipinski definition) is 6. The lowest BCUT2D eigenvalue weighted by Gasteiger charge is -2.16. The second-order valence-electron chi connectivity index (χ2n) is 5.53. The molecule has 1 aromatic carbocycles. The predicted octanol–water partition coefficient (Wildman–Crippen LogP) is 1.63. The van der Waals surface area contributed by atoms with Gasteiger partial charge in [0.05, 0.1) is 19.9 Å². The van der Waals surface area contributed by atoms with Crippen LogP contribution in [0.4, 0.5) is 0 Å². The minimum atomic E-state index is -3.45. The fourth-order valence-corrected chi connectivity index (χ4v) is 3.18. The fraction of sp³-hybridized carbons (Fsp3) is 0.375. The van der Waals surface area contributed by atoms with E-state index in [1.54, 1.807) is 18.2 Å². The zero-order valence-corrected chi connectivity index (χ0v) is 14.8. The van der Waals surface area contributed by atoms with Crippen LogP contribution >= 0.6 is 0 Å². The van der Waals surface area contributed by atoms with E-state index in [0.717, 1.165) is 12.0 Å². The smallest absolute Gasteiger partial charge is 0.240 e. The van der Waals surface area contributed by atoms with Crippen LogP contribution < -0.4 is 14.9 Å². The normalized spacial score (nSPS) is 18.2. The summed E-state index contributed by atoms with van der Waals surface area (Å²) in [5.41, 5.74) is 3.81. The van der Waals surface area contributed by atoms with Crippen LogP contribution in [0.3, 0.4) is 0 Å².